The lowest BCUT2D eigenvalue weighted by molar-refractivity contribution is 0.0528. The maximum atomic E-state index is 14.3. The van der Waals surface area contributed by atoms with Crippen LogP contribution in [0.25, 0.3) is 20.7 Å². The van der Waals surface area contributed by atoms with Crippen molar-refractivity contribution in [3.05, 3.63) is 77.7 Å². The van der Waals surface area contributed by atoms with E-state index in [1.54, 1.807) is 29.7 Å². The van der Waals surface area contributed by atoms with Gasteiger partial charge in [-0.3, -0.25) is 4.98 Å². The number of benzene rings is 2. The lowest BCUT2D eigenvalue weighted by Gasteiger charge is -2.19. The fraction of sp³-hybridized carbons (Fsp3) is 0.259. The normalized spacial score (nSPS) is 11.4. The minimum atomic E-state index is -0.521. The van der Waals surface area contributed by atoms with Crippen molar-refractivity contribution in [2.45, 2.75) is 39.7 Å². The molecule has 0 aliphatic heterocycles. The highest BCUT2D eigenvalue weighted by molar-refractivity contribution is 7.22. The summed E-state index contributed by atoms with van der Waals surface area (Å²) in [5, 5.41) is 2.79. The largest absolute Gasteiger partial charge is 0.453 e. The number of pyridine rings is 1. The first-order chi connectivity index (χ1) is 16.2. The molecule has 0 aliphatic rings. The highest BCUT2D eigenvalue weighted by Gasteiger charge is 2.16. The number of fused-ring (bicyclic) bond motifs is 1. The third-order valence-corrected chi connectivity index (χ3v) is 6.16. The molecule has 4 rings (SSSR count). The van der Waals surface area contributed by atoms with Crippen molar-refractivity contribution in [3.63, 3.8) is 0 Å². The maximum absolute atomic E-state index is 14.3. The van der Waals surface area contributed by atoms with Crippen molar-refractivity contribution < 1.29 is 18.7 Å². The Hall–Kier alpha value is -3.45. The Morgan fingerprint density at radius 1 is 1.09 bits per heavy atom. The number of alkyl carbamates (subject to hydrolysis) is 1. The first-order valence-corrected chi connectivity index (χ1v) is 11.9. The number of carbonyl (C=O) groups excluding carboxylic acids is 1. The third-order valence-electron chi connectivity index (χ3n) is 4.98. The number of ether oxygens (including phenoxy) is 2. The summed E-state index contributed by atoms with van der Waals surface area (Å²) in [5.41, 5.74) is 3.25. The van der Waals surface area contributed by atoms with Crippen molar-refractivity contribution in [1.29, 1.82) is 0 Å². The number of thiophene rings is 1. The minimum Gasteiger partial charge on any atom is -0.453 e. The second-order valence-corrected chi connectivity index (χ2v) is 10.1. The number of nitrogens with zero attached hydrogens (tertiary/aromatic N) is 1. The zero-order valence-corrected chi connectivity index (χ0v) is 20.5. The summed E-state index contributed by atoms with van der Waals surface area (Å²) in [7, 11) is 0. The second kappa shape index (κ2) is 9.81. The monoisotopic (exact) mass is 478 g/mol. The van der Waals surface area contributed by atoms with Crippen molar-refractivity contribution in [3.8, 4) is 21.9 Å². The van der Waals surface area contributed by atoms with Crippen LogP contribution < -0.4 is 10.1 Å². The van der Waals surface area contributed by atoms with Crippen LogP contribution in [0.15, 0.2) is 60.8 Å². The molecule has 0 fully saturated rings. The van der Waals surface area contributed by atoms with Gasteiger partial charge >= 0.3 is 6.09 Å². The van der Waals surface area contributed by atoms with Gasteiger partial charge in [0.25, 0.3) is 0 Å². The molecule has 2 heterocycles. The molecule has 0 bridgehead atoms. The summed E-state index contributed by atoms with van der Waals surface area (Å²) in [6.45, 7) is 7.83. The van der Waals surface area contributed by atoms with Crippen molar-refractivity contribution in [2.75, 3.05) is 6.54 Å². The molecule has 4 aromatic rings. The molecule has 2 aromatic carbocycles. The quantitative estimate of drug-likeness (QED) is 0.317. The molecular weight excluding hydrogens is 451 g/mol. The van der Waals surface area contributed by atoms with Gasteiger partial charge in [0.1, 0.15) is 11.4 Å². The molecule has 0 aliphatic carbocycles. The van der Waals surface area contributed by atoms with Gasteiger partial charge in [-0.25, -0.2) is 9.18 Å². The highest BCUT2D eigenvalue weighted by Crippen LogP contribution is 2.39. The number of rotatable bonds is 6. The predicted molar refractivity (Wildman–Crippen MR) is 134 cm³/mol. The lowest BCUT2D eigenvalue weighted by Crippen LogP contribution is -2.33. The topological polar surface area (TPSA) is 60.5 Å². The van der Waals surface area contributed by atoms with E-state index >= 15 is 0 Å². The van der Waals surface area contributed by atoms with Crippen molar-refractivity contribution in [1.82, 2.24) is 10.3 Å². The first-order valence-electron chi connectivity index (χ1n) is 11.1. The summed E-state index contributed by atoms with van der Waals surface area (Å²) in [6, 6.07) is 16.8. The SMILES string of the molecule is Cc1ccc(Oc2ccnc3cc(-c4cccc(CCNC(=O)OC(C)(C)C)c4)sc23)c(F)c1. The van der Waals surface area contributed by atoms with Crippen LogP contribution in [0, 0.1) is 12.7 Å². The van der Waals surface area contributed by atoms with Crippen LogP contribution in [-0.4, -0.2) is 23.2 Å². The Kier molecular flexibility index (Phi) is 6.84. The maximum Gasteiger partial charge on any atom is 0.407 e. The summed E-state index contributed by atoms with van der Waals surface area (Å²) < 4.78 is 26.4. The van der Waals surface area contributed by atoms with Crippen LogP contribution in [0.1, 0.15) is 31.9 Å². The fourth-order valence-electron chi connectivity index (χ4n) is 3.45. The van der Waals surface area contributed by atoms with Crippen molar-refractivity contribution >= 4 is 27.6 Å². The lowest BCUT2D eigenvalue weighted by atomic mass is 10.1. The van der Waals surface area contributed by atoms with E-state index in [9.17, 15) is 9.18 Å². The molecule has 0 spiro atoms. The van der Waals surface area contributed by atoms with E-state index in [0.717, 1.165) is 31.8 Å². The van der Waals surface area contributed by atoms with E-state index in [4.69, 9.17) is 9.47 Å². The molecule has 5 nitrogen and oxygen atoms in total. The van der Waals surface area contributed by atoms with Crippen LogP contribution in [0.4, 0.5) is 9.18 Å². The molecule has 0 saturated heterocycles. The number of hydrogen-bond acceptors (Lipinski definition) is 5. The number of aryl methyl sites for hydroxylation is 1. The predicted octanol–water partition coefficient (Wildman–Crippen LogP) is 7.27. The van der Waals surface area contributed by atoms with Gasteiger partial charge in [0.05, 0.1) is 10.2 Å². The number of hydrogen-bond donors (Lipinski definition) is 1. The van der Waals surface area contributed by atoms with Crippen LogP contribution in [0.5, 0.6) is 11.5 Å². The van der Waals surface area contributed by atoms with Gasteiger partial charge in [-0.1, -0.05) is 30.3 Å². The minimum absolute atomic E-state index is 0.188. The number of amides is 1. The van der Waals surface area contributed by atoms with Gasteiger partial charge in [-0.05, 0) is 69.0 Å². The Morgan fingerprint density at radius 2 is 1.91 bits per heavy atom. The molecule has 176 valence electrons. The van der Waals surface area contributed by atoms with E-state index in [1.165, 1.54) is 6.07 Å². The molecule has 0 atom stereocenters. The molecule has 0 unspecified atom stereocenters. The number of aromatic nitrogens is 1. The zero-order chi connectivity index (χ0) is 24.3. The zero-order valence-electron chi connectivity index (χ0n) is 19.6. The standard InChI is InChI=1S/C27H27FN2O3S/c1-17-8-9-22(20(28)14-17)32-23-11-13-29-21-16-24(34-25(21)23)19-7-5-6-18(15-19)10-12-30-26(31)33-27(2,3)4/h5-9,11,13-16H,10,12H2,1-4H3,(H,30,31). The molecule has 1 N–H and O–H groups in total. The Bertz CT molecular complexity index is 1330. The second-order valence-electron chi connectivity index (χ2n) is 9.05. The molecule has 2 aromatic heterocycles. The molecule has 34 heavy (non-hydrogen) atoms. The van der Waals surface area contributed by atoms with Gasteiger partial charge in [-0.2, -0.15) is 0 Å². The van der Waals surface area contributed by atoms with Crippen LogP contribution >= 0.6 is 11.3 Å². The summed E-state index contributed by atoms with van der Waals surface area (Å²) in [4.78, 5) is 17.4. The molecule has 0 saturated carbocycles. The van der Waals surface area contributed by atoms with Gasteiger partial charge in [0.15, 0.2) is 11.6 Å². The molecule has 0 radical (unpaired) electrons. The summed E-state index contributed by atoms with van der Waals surface area (Å²) >= 11 is 1.55. The van der Waals surface area contributed by atoms with Crippen molar-refractivity contribution in [2.24, 2.45) is 0 Å². The smallest absolute Gasteiger partial charge is 0.407 e. The average molecular weight is 479 g/mol. The van der Waals surface area contributed by atoms with Crippen LogP contribution in [0.2, 0.25) is 0 Å². The first kappa shape index (κ1) is 23.7. The third kappa shape index (κ3) is 5.91. The number of halogens is 1. The van der Waals surface area contributed by atoms with Gasteiger partial charge in [0, 0.05) is 23.7 Å². The van der Waals surface area contributed by atoms with Gasteiger partial charge < -0.3 is 14.8 Å². The van der Waals surface area contributed by atoms with E-state index < -0.39 is 17.5 Å². The van der Waals surface area contributed by atoms with Gasteiger partial charge in [0.2, 0.25) is 0 Å². The fourth-order valence-corrected chi connectivity index (χ4v) is 4.51. The van der Waals surface area contributed by atoms with E-state index in [2.05, 4.69) is 16.4 Å². The number of carbonyl (C=O) groups is 1. The Morgan fingerprint density at radius 3 is 2.68 bits per heavy atom. The molecular formula is C27H27FN2O3S. The molecule has 7 heteroatoms. The highest BCUT2D eigenvalue weighted by atomic mass is 32.1. The van der Waals surface area contributed by atoms with E-state index in [-0.39, 0.29) is 5.75 Å². The van der Waals surface area contributed by atoms with Gasteiger partial charge in [-0.15, -0.1) is 11.3 Å². The summed E-state index contributed by atoms with van der Waals surface area (Å²) in [6.07, 6.45) is 1.92. The molecule has 1 amide bonds. The van der Waals surface area contributed by atoms with Crippen LogP contribution in [-0.2, 0) is 11.2 Å². The van der Waals surface area contributed by atoms with E-state index in [1.807, 2.05) is 58.0 Å². The number of nitrogens with one attached hydrogen (secondary N) is 1. The van der Waals surface area contributed by atoms with Crippen LogP contribution in [0.3, 0.4) is 0 Å². The Labute approximate surface area is 202 Å². The Balaban J connectivity index is 1.51. The van der Waals surface area contributed by atoms with E-state index in [0.29, 0.717) is 18.7 Å². The average Bonchev–Trinajstić information content (AvgIpc) is 3.20. The summed E-state index contributed by atoms with van der Waals surface area (Å²) in [5.74, 6) is 0.365.